The van der Waals surface area contributed by atoms with Crippen molar-refractivity contribution in [1.29, 1.82) is 0 Å². The molecule has 5 aromatic rings. The van der Waals surface area contributed by atoms with Crippen molar-refractivity contribution in [2.75, 3.05) is 5.73 Å². The molecule has 0 aliphatic carbocycles. The van der Waals surface area contributed by atoms with Gasteiger partial charge >= 0.3 is 6.01 Å². The van der Waals surface area contributed by atoms with E-state index in [0.29, 0.717) is 5.89 Å². The van der Waals surface area contributed by atoms with Gasteiger partial charge in [0.2, 0.25) is 5.89 Å². The van der Waals surface area contributed by atoms with Gasteiger partial charge in [0.15, 0.2) is 0 Å². The smallest absolute Gasteiger partial charge is 0.313 e. The van der Waals surface area contributed by atoms with E-state index in [1.54, 1.807) is 11.3 Å². The SMILES string of the molecule is Cc1cc(-c2csc(-c3cccc(-c4nnc(N)o4)c3)n2)c(C)n1Cc1ccccc1. The molecule has 0 saturated carbocycles. The lowest BCUT2D eigenvalue weighted by Gasteiger charge is -2.09. The van der Waals surface area contributed by atoms with Crippen molar-refractivity contribution >= 4 is 17.4 Å². The van der Waals surface area contributed by atoms with Crippen LogP contribution in [0.4, 0.5) is 6.01 Å². The minimum atomic E-state index is 0.0581. The van der Waals surface area contributed by atoms with Gasteiger partial charge in [-0.3, -0.25) is 0 Å². The van der Waals surface area contributed by atoms with Crippen LogP contribution in [0.2, 0.25) is 0 Å². The predicted octanol–water partition coefficient (Wildman–Crippen LogP) is 5.58. The molecule has 5 rings (SSSR count). The van der Waals surface area contributed by atoms with Crippen LogP contribution < -0.4 is 5.73 Å². The Kier molecular flexibility index (Phi) is 4.88. The van der Waals surface area contributed by atoms with Crippen molar-refractivity contribution in [1.82, 2.24) is 19.7 Å². The molecule has 6 nitrogen and oxygen atoms in total. The predicted molar refractivity (Wildman–Crippen MR) is 124 cm³/mol. The number of hydrogen-bond acceptors (Lipinski definition) is 6. The van der Waals surface area contributed by atoms with Gasteiger partial charge in [-0.2, -0.15) is 0 Å². The van der Waals surface area contributed by atoms with Gasteiger partial charge in [-0.15, -0.1) is 16.4 Å². The first-order valence-corrected chi connectivity index (χ1v) is 10.8. The standard InChI is InChI=1S/C24H21N5OS/c1-15-11-20(16(2)29(15)13-17-7-4-3-5-8-17)21-14-31-23(26-21)19-10-6-9-18(12-19)22-27-28-24(25)30-22/h3-12,14H,13H2,1-2H3,(H2,25,28). The summed E-state index contributed by atoms with van der Waals surface area (Å²) in [5.74, 6) is 0.403. The zero-order chi connectivity index (χ0) is 21.4. The van der Waals surface area contributed by atoms with Crippen molar-refractivity contribution in [3.8, 4) is 33.3 Å². The van der Waals surface area contributed by atoms with Crippen LogP contribution >= 0.6 is 11.3 Å². The first-order valence-electron chi connectivity index (χ1n) is 9.95. The number of thiazole rings is 1. The van der Waals surface area contributed by atoms with Crippen LogP contribution in [0, 0.1) is 13.8 Å². The minimum Gasteiger partial charge on any atom is -0.404 e. The molecular formula is C24H21N5OS. The molecule has 31 heavy (non-hydrogen) atoms. The quantitative estimate of drug-likeness (QED) is 0.396. The van der Waals surface area contributed by atoms with Gasteiger partial charge in [-0.1, -0.05) is 47.6 Å². The Morgan fingerprint density at radius 2 is 1.77 bits per heavy atom. The van der Waals surface area contributed by atoms with Crippen molar-refractivity contribution in [3.05, 3.63) is 83.0 Å². The normalized spacial score (nSPS) is 11.2. The van der Waals surface area contributed by atoms with Gasteiger partial charge in [-0.25, -0.2) is 4.98 Å². The van der Waals surface area contributed by atoms with Gasteiger partial charge in [0, 0.05) is 40.0 Å². The molecule has 0 fully saturated rings. The van der Waals surface area contributed by atoms with Crippen LogP contribution in [0.15, 0.2) is 70.5 Å². The van der Waals surface area contributed by atoms with E-state index in [0.717, 1.165) is 33.9 Å². The maximum Gasteiger partial charge on any atom is 0.313 e. The molecule has 3 heterocycles. The summed E-state index contributed by atoms with van der Waals surface area (Å²) in [5, 5.41) is 10.8. The van der Waals surface area contributed by atoms with Crippen LogP contribution in [-0.2, 0) is 6.54 Å². The summed E-state index contributed by atoms with van der Waals surface area (Å²) >= 11 is 1.62. The molecule has 0 radical (unpaired) electrons. The van der Waals surface area contributed by atoms with E-state index < -0.39 is 0 Å². The molecule has 0 aliphatic heterocycles. The fraction of sp³-hybridized carbons (Fsp3) is 0.125. The lowest BCUT2D eigenvalue weighted by molar-refractivity contribution is 0.590. The number of hydrogen-bond donors (Lipinski definition) is 1. The molecule has 154 valence electrons. The van der Waals surface area contributed by atoms with E-state index in [9.17, 15) is 0 Å². The third kappa shape index (κ3) is 3.75. The number of rotatable bonds is 5. The average Bonchev–Trinajstić information content (AvgIpc) is 3.51. The van der Waals surface area contributed by atoms with Crippen LogP contribution in [0.3, 0.4) is 0 Å². The topological polar surface area (TPSA) is 82.8 Å². The number of nitrogen functional groups attached to an aromatic ring is 1. The summed E-state index contributed by atoms with van der Waals surface area (Å²) in [6.45, 7) is 5.15. The zero-order valence-electron chi connectivity index (χ0n) is 17.2. The molecule has 0 unspecified atom stereocenters. The third-order valence-electron chi connectivity index (χ3n) is 5.33. The van der Waals surface area contributed by atoms with E-state index in [-0.39, 0.29) is 6.01 Å². The Morgan fingerprint density at radius 3 is 2.55 bits per heavy atom. The van der Waals surface area contributed by atoms with Crippen molar-refractivity contribution in [3.63, 3.8) is 0 Å². The van der Waals surface area contributed by atoms with Gasteiger partial charge in [0.05, 0.1) is 5.69 Å². The van der Waals surface area contributed by atoms with Crippen LogP contribution in [0.25, 0.3) is 33.3 Å². The number of aromatic nitrogens is 4. The van der Waals surface area contributed by atoms with Crippen molar-refractivity contribution in [2.45, 2.75) is 20.4 Å². The highest BCUT2D eigenvalue weighted by Crippen LogP contribution is 2.33. The molecule has 0 spiro atoms. The maximum atomic E-state index is 5.56. The summed E-state index contributed by atoms with van der Waals surface area (Å²) in [6.07, 6.45) is 0. The molecule has 0 aliphatic rings. The summed E-state index contributed by atoms with van der Waals surface area (Å²) < 4.78 is 7.69. The second kappa shape index (κ2) is 7.85. The van der Waals surface area contributed by atoms with Gasteiger partial charge in [0.25, 0.3) is 0 Å². The lowest BCUT2D eigenvalue weighted by atomic mass is 10.1. The number of nitrogens with zero attached hydrogens (tertiary/aromatic N) is 4. The lowest BCUT2D eigenvalue weighted by Crippen LogP contribution is -2.03. The molecule has 0 amide bonds. The van der Waals surface area contributed by atoms with Crippen LogP contribution in [0.1, 0.15) is 17.0 Å². The largest absolute Gasteiger partial charge is 0.404 e. The molecule has 7 heteroatoms. The minimum absolute atomic E-state index is 0.0581. The Hall–Kier alpha value is -3.71. The molecule has 2 aromatic carbocycles. The molecule has 0 bridgehead atoms. The summed E-state index contributed by atoms with van der Waals surface area (Å²) in [7, 11) is 0. The number of anilines is 1. The van der Waals surface area contributed by atoms with E-state index in [2.05, 4.69) is 64.3 Å². The van der Waals surface area contributed by atoms with E-state index in [1.165, 1.54) is 17.0 Å². The van der Waals surface area contributed by atoms with Crippen LogP contribution in [0.5, 0.6) is 0 Å². The number of aryl methyl sites for hydroxylation is 1. The highest BCUT2D eigenvalue weighted by atomic mass is 32.1. The van der Waals surface area contributed by atoms with Crippen molar-refractivity contribution < 1.29 is 4.42 Å². The van der Waals surface area contributed by atoms with Gasteiger partial charge in [-0.05, 0) is 37.6 Å². The summed E-state index contributed by atoms with van der Waals surface area (Å²) in [5.41, 5.74) is 13.3. The second-order valence-corrected chi connectivity index (χ2v) is 8.28. The van der Waals surface area contributed by atoms with Crippen LogP contribution in [-0.4, -0.2) is 19.7 Å². The van der Waals surface area contributed by atoms with E-state index >= 15 is 0 Å². The third-order valence-corrected chi connectivity index (χ3v) is 6.23. The maximum absolute atomic E-state index is 5.56. The Balaban J connectivity index is 1.46. The Bertz CT molecular complexity index is 1350. The first-order chi connectivity index (χ1) is 15.1. The molecule has 0 saturated heterocycles. The van der Waals surface area contributed by atoms with E-state index in [4.69, 9.17) is 15.1 Å². The molecule has 2 N–H and O–H groups in total. The fourth-order valence-electron chi connectivity index (χ4n) is 3.74. The van der Waals surface area contributed by atoms with Gasteiger partial charge < -0.3 is 14.7 Å². The molecular weight excluding hydrogens is 406 g/mol. The Morgan fingerprint density at radius 1 is 0.968 bits per heavy atom. The fourth-order valence-corrected chi connectivity index (χ4v) is 4.55. The Labute approximate surface area is 184 Å². The zero-order valence-corrected chi connectivity index (χ0v) is 18.1. The first kappa shape index (κ1) is 19.3. The highest BCUT2D eigenvalue weighted by Gasteiger charge is 2.15. The second-order valence-electron chi connectivity index (χ2n) is 7.42. The summed E-state index contributed by atoms with van der Waals surface area (Å²) in [6, 6.07) is 20.7. The molecule has 3 aromatic heterocycles. The summed E-state index contributed by atoms with van der Waals surface area (Å²) in [4.78, 5) is 4.93. The number of nitrogens with two attached hydrogens (primary N) is 1. The average molecular weight is 428 g/mol. The highest BCUT2D eigenvalue weighted by molar-refractivity contribution is 7.13. The van der Waals surface area contributed by atoms with E-state index in [1.807, 2.05) is 30.3 Å². The van der Waals surface area contributed by atoms with Crippen molar-refractivity contribution in [2.24, 2.45) is 0 Å². The molecule has 0 atom stereocenters. The monoisotopic (exact) mass is 427 g/mol. The number of benzene rings is 2. The van der Waals surface area contributed by atoms with Gasteiger partial charge in [0.1, 0.15) is 5.01 Å².